The summed E-state index contributed by atoms with van der Waals surface area (Å²) in [4.78, 5) is 27.0. The summed E-state index contributed by atoms with van der Waals surface area (Å²) in [7, 11) is 0. The monoisotopic (exact) mass is 410 g/mol. The highest BCUT2D eigenvalue weighted by Gasteiger charge is 2.26. The van der Waals surface area contributed by atoms with Crippen LogP contribution in [0.15, 0.2) is 75.6 Å². The molecule has 2 amide bonds. The summed E-state index contributed by atoms with van der Waals surface area (Å²) in [6, 6.07) is 16.9. The van der Waals surface area contributed by atoms with Crippen molar-refractivity contribution in [2.45, 2.75) is 6.42 Å². The van der Waals surface area contributed by atoms with Crippen molar-refractivity contribution in [2.75, 3.05) is 0 Å². The number of thiophene rings is 2. The molecule has 0 saturated heterocycles. The Morgan fingerprint density at radius 1 is 0.821 bits per heavy atom. The van der Waals surface area contributed by atoms with Crippen LogP contribution in [0.4, 0.5) is 0 Å². The number of benzene rings is 1. The number of amides is 2. The lowest BCUT2D eigenvalue weighted by atomic mass is 9.98. The van der Waals surface area contributed by atoms with Gasteiger partial charge >= 0.3 is 0 Å². The van der Waals surface area contributed by atoms with Gasteiger partial charge in [0, 0.05) is 9.75 Å². The first-order valence-electron chi connectivity index (χ1n) is 8.49. The van der Waals surface area contributed by atoms with Crippen molar-refractivity contribution in [1.29, 1.82) is 0 Å². The van der Waals surface area contributed by atoms with Crippen LogP contribution in [0, 0.1) is 5.92 Å². The Labute approximate surface area is 170 Å². The van der Waals surface area contributed by atoms with Gasteiger partial charge in [0.25, 0.3) is 11.8 Å². The third kappa shape index (κ3) is 5.97. The minimum atomic E-state index is -0.955. The van der Waals surface area contributed by atoms with Gasteiger partial charge in [-0.25, -0.2) is 10.9 Å². The molecule has 2 heterocycles. The zero-order valence-electron chi connectivity index (χ0n) is 14.8. The lowest BCUT2D eigenvalue weighted by Crippen LogP contribution is -2.39. The molecule has 0 unspecified atom stereocenters. The molecule has 0 radical (unpaired) electrons. The molecular formula is C20H18N4O2S2. The molecule has 0 atom stereocenters. The third-order valence-corrected chi connectivity index (χ3v) is 5.35. The van der Waals surface area contributed by atoms with Gasteiger partial charge in [-0.3, -0.25) is 9.59 Å². The first-order chi connectivity index (χ1) is 13.7. The zero-order chi connectivity index (χ0) is 19.6. The van der Waals surface area contributed by atoms with Gasteiger partial charge in [0.1, 0.15) is 5.92 Å². The molecule has 8 heteroatoms. The normalized spacial score (nSPS) is 11.3. The van der Waals surface area contributed by atoms with Crippen LogP contribution < -0.4 is 10.9 Å². The molecule has 3 aromatic rings. The van der Waals surface area contributed by atoms with Crippen LogP contribution in [0.25, 0.3) is 0 Å². The Morgan fingerprint density at radius 3 is 1.82 bits per heavy atom. The summed E-state index contributed by atoms with van der Waals surface area (Å²) in [5, 5.41) is 11.7. The van der Waals surface area contributed by atoms with Crippen LogP contribution in [0.5, 0.6) is 0 Å². The fourth-order valence-electron chi connectivity index (χ4n) is 2.36. The van der Waals surface area contributed by atoms with Gasteiger partial charge < -0.3 is 0 Å². The van der Waals surface area contributed by atoms with Crippen molar-refractivity contribution >= 4 is 46.9 Å². The SMILES string of the molecule is O=C(N/N=C\c1cccs1)C(Cc1ccccc1)C(=O)N/N=C\c1cccs1. The predicted octanol–water partition coefficient (Wildman–Crippen LogP) is 3.27. The van der Waals surface area contributed by atoms with Crippen LogP contribution >= 0.6 is 22.7 Å². The van der Waals surface area contributed by atoms with E-state index in [1.165, 1.54) is 22.7 Å². The number of hydrogen-bond acceptors (Lipinski definition) is 6. The molecule has 6 nitrogen and oxygen atoms in total. The minimum Gasteiger partial charge on any atom is -0.272 e. The van der Waals surface area contributed by atoms with E-state index in [0.717, 1.165) is 15.3 Å². The van der Waals surface area contributed by atoms with E-state index in [4.69, 9.17) is 0 Å². The Kier molecular flexibility index (Phi) is 7.22. The van der Waals surface area contributed by atoms with E-state index in [1.807, 2.05) is 65.4 Å². The maximum atomic E-state index is 12.6. The average Bonchev–Trinajstić information content (AvgIpc) is 3.41. The van der Waals surface area contributed by atoms with E-state index in [9.17, 15) is 9.59 Å². The summed E-state index contributed by atoms with van der Waals surface area (Å²) < 4.78 is 0. The molecule has 0 spiro atoms. The number of carbonyl (C=O) groups is 2. The molecule has 3 rings (SSSR count). The Balaban J connectivity index is 1.66. The number of rotatable bonds is 8. The molecule has 142 valence electrons. The summed E-state index contributed by atoms with van der Waals surface area (Å²) in [5.74, 6) is -1.93. The maximum Gasteiger partial charge on any atom is 0.253 e. The Bertz CT molecular complexity index is 878. The van der Waals surface area contributed by atoms with Gasteiger partial charge in [-0.1, -0.05) is 42.5 Å². The van der Waals surface area contributed by atoms with Crippen molar-refractivity contribution in [3.8, 4) is 0 Å². The standard InChI is InChI=1S/C20H18N4O2S2/c25-19(23-21-13-16-8-4-10-27-16)18(12-15-6-2-1-3-7-15)20(26)24-22-14-17-9-5-11-28-17/h1-11,13-14,18H,12H2,(H,23,25)(H,24,26)/b21-13-,22-14-. The summed E-state index contributed by atoms with van der Waals surface area (Å²) in [5.41, 5.74) is 5.78. The van der Waals surface area contributed by atoms with Crippen molar-refractivity contribution in [2.24, 2.45) is 16.1 Å². The van der Waals surface area contributed by atoms with Crippen LogP contribution in [0.2, 0.25) is 0 Å². The molecule has 0 aliphatic carbocycles. The topological polar surface area (TPSA) is 82.9 Å². The van der Waals surface area contributed by atoms with Crippen molar-refractivity contribution in [3.63, 3.8) is 0 Å². The zero-order valence-corrected chi connectivity index (χ0v) is 16.5. The fourth-order valence-corrected chi connectivity index (χ4v) is 3.53. The lowest BCUT2D eigenvalue weighted by Gasteiger charge is -2.13. The second-order valence-electron chi connectivity index (χ2n) is 5.74. The summed E-state index contributed by atoms with van der Waals surface area (Å²) >= 11 is 3.01. The van der Waals surface area contributed by atoms with Gasteiger partial charge in [-0.15, -0.1) is 22.7 Å². The van der Waals surface area contributed by atoms with Crippen molar-refractivity contribution in [3.05, 3.63) is 80.7 Å². The van der Waals surface area contributed by atoms with Gasteiger partial charge in [-0.2, -0.15) is 10.2 Å². The second kappa shape index (κ2) is 10.3. The molecule has 0 saturated carbocycles. The summed E-state index contributed by atoms with van der Waals surface area (Å²) in [6.07, 6.45) is 3.35. The van der Waals surface area contributed by atoms with Crippen molar-refractivity contribution in [1.82, 2.24) is 10.9 Å². The van der Waals surface area contributed by atoms with Crippen LogP contribution in [0.3, 0.4) is 0 Å². The lowest BCUT2D eigenvalue weighted by molar-refractivity contribution is -0.135. The highest BCUT2D eigenvalue weighted by atomic mass is 32.1. The molecule has 1 aromatic carbocycles. The van der Waals surface area contributed by atoms with Crippen molar-refractivity contribution < 1.29 is 9.59 Å². The number of carbonyl (C=O) groups excluding carboxylic acids is 2. The highest BCUT2D eigenvalue weighted by Crippen LogP contribution is 2.10. The Hall–Kier alpha value is -3.10. The van der Waals surface area contributed by atoms with Gasteiger partial charge in [0.05, 0.1) is 12.4 Å². The molecule has 0 bridgehead atoms. The van der Waals surface area contributed by atoms with Gasteiger partial charge in [0.15, 0.2) is 0 Å². The first kappa shape index (κ1) is 19.7. The largest absolute Gasteiger partial charge is 0.272 e. The molecule has 0 aliphatic rings. The van der Waals surface area contributed by atoms with E-state index in [2.05, 4.69) is 21.1 Å². The average molecular weight is 411 g/mol. The first-order valence-corrected chi connectivity index (χ1v) is 10.2. The van der Waals surface area contributed by atoms with Crippen LogP contribution in [0.1, 0.15) is 15.3 Å². The smallest absolute Gasteiger partial charge is 0.253 e. The Morgan fingerprint density at radius 2 is 1.36 bits per heavy atom. The van der Waals surface area contributed by atoms with E-state index in [1.54, 1.807) is 12.4 Å². The summed E-state index contributed by atoms with van der Waals surface area (Å²) in [6.45, 7) is 0. The van der Waals surface area contributed by atoms with Gasteiger partial charge in [0.2, 0.25) is 0 Å². The van der Waals surface area contributed by atoms with E-state index in [-0.39, 0.29) is 6.42 Å². The van der Waals surface area contributed by atoms with Crippen LogP contribution in [-0.4, -0.2) is 24.2 Å². The predicted molar refractivity (Wildman–Crippen MR) is 114 cm³/mol. The maximum absolute atomic E-state index is 12.6. The fraction of sp³-hybridized carbons (Fsp3) is 0.100. The molecule has 2 N–H and O–H groups in total. The van der Waals surface area contributed by atoms with E-state index in [0.29, 0.717) is 0 Å². The van der Waals surface area contributed by atoms with Crippen LogP contribution in [-0.2, 0) is 16.0 Å². The second-order valence-corrected chi connectivity index (χ2v) is 7.70. The molecule has 0 aliphatic heterocycles. The number of nitrogens with one attached hydrogen (secondary N) is 2. The quantitative estimate of drug-likeness (QED) is 0.339. The van der Waals surface area contributed by atoms with Gasteiger partial charge in [-0.05, 0) is 34.9 Å². The van der Waals surface area contributed by atoms with E-state index >= 15 is 0 Å². The molecule has 28 heavy (non-hydrogen) atoms. The third-order valence-electron chi connectivity index (χ3n) is 3.74. The number of nitrogens with zero attached hydrogens (tertiary/aromatic N) is 2. The molecular weight excluding hydrogens is 392 g/mol. The molecule has 2 aromatic heterocycles. The minimum absolute atomic E-state index is 0.252. The number of hydrogen-bond donors (Lipinski definition) is 2. The van der Waals surface area contributed by atoms with E-state index < -0.39 is 17.7 Å². The number of hydrazone groups is 2. The molecule has 0 fully saturated rings. The highest BCUT2D eigenvalue weighted by molar-refractivity contribution is 7.12.